The summed E-state index contributed by atoms with van der Waals surface area (Å²) < 4.78 is 0. The second-order valence-corrected chi connectivity index (χ2v) is 2.39. The van der Waals surface area contributed by atoms with Crippen LogP contribution in [-0.2, 0) is 0 Å². The van der Waals surface area contributed by atoms with Gasteiger partial charge in [-0.2, -0.15) is 7.05 Å². The minimum absolute atomic E-state index is 0. The first-order valence-corrected chi connectivity index (χ1v) is 2.17. The van der Waals surface area contributed by atoms with Gasteiger partial charge in [-0.25, -0.2) is 0 Å². The van der Waals surface area contributed by atoms with Crippen molar-refractivity contribution in [2.24, 2.45) is 0 Å². The summed E-state index contributed by atoms with van der Waals surface area (Å²) in [5.41, 5.74) is 0.167. The molecule has 0 amide bonds. The van der Waals surface area contributed by atoms with Gasteiger partial charge in [0.05, 0.1) is 0 Å². The molecular formula is C5H12ClMgN. The van der Waals surface area contributed by atoms with E-state index in [2.05, 4.69) is 26.1 Å². The zero-order valence-corrected chi connectivity index (χ0v) is 8.20. The monoisotopic (exact) mass is 145 g/mol. The van der Waals surface area contributed by atoms with Crippen LogP contribution in [0.25, 0.3) is 5.32 Å². The van der Waals surface area contributed by atoms with Gasteiger partial charge in [-0.1, -0.05) is 20.8 Å². The van der Waals surface area contributed by atoms with Crippen LogP contribution in [0.4, 0.5) is 0 Å². The van der Waals surface area contributed by atoms with Gasteiger partial charge in [-0.3, -0.25) is 0 Å². The van der Waals surface area contributed by atoms with Gasteiger partial charge in [0.1, 0.15) is 0 Å². The van der Waals surface area contributed by atoms with E-state index in [0.717, 1.165) is 0 Å². The van der Waals surface area contributed by atoms with E-state index in [1.807, 2.05) is 7.05 Å². The Morgan fingerprint density at radius 1 is 1.12 bits per heavy atom. The van der Waals surface area contributed by atoms with Gasteiger partial charge in [0, 0.05) is 0 Å². The van der Waals surface area contributed by atoms with E-state index in [1.165, 1.54) is 0 Å². The summed E-state index contributed by atoms with van der Waals surface area (Å²) in [6.07, 6.45) is 0. The summed E-state index contributed by atoms with van der Waals surface area (Å²) in [7, 11) is 1.83. The van der Waals surface area contributed by atoms with Crippen LogP contribution < -0.4 is 12.4 Å². The van der Waals surface area contributed by atoms with Gasteiger partial charge in [0.15, 0.2) is 0 Å². The molecule has 0 bridgehead atoms. The SMILES string of the molecule is C[N-]C(C)(C)C.[Cl-].[Mg+2]. The minimum atomic E-state index is 0. The zero-order chi connectivity index (χ0) is 5.21. The van der Waals surface area contributed by atoms with E-state index in [1.54, 1.807) is 0 Å². The molecule has 0 aromatic rings. The fourth-order valence-corrected chi connectivity index (χ4v) is 0. The molecule has 3 heteroatoms. The molecule has 8 heavy (non-hydrogen) atoms. The Labute approximate surface area is 74.2 Å². The Kier molecular flexibility index (Phi) is 12.3. The Hall–Kier alpha value is 1.02. The molecule has 0 radical (unpaired) electrons. The van der Waals surface area contributed by atoms with Crippen LogP contribution in [0.3, 0.4) is 0 Å². The van der Waals surface area contributed by atoms with Crippen molar-refractivity contribution in [2.75, 3.05) is 7.05 Å². The first-order valence-electron chi connectivity index (χ1n) is 2.17. The van der Waals surface area contributed by atoms with Crippen LogP contribution in [0.15, 0.2) is 0 Å². The van der Waals surface area contributed by atoms with Crippen molar-refractivity contribution < 1.29 is 12.4 Å². The molecule has 1 nitrogen and oxygen atoms in total. The average Bonchev–Trinajstić information content (AvgIpc) is 1.35. The maximum absolute atomic E-state index is 4.02. The maximum Gasteiger partial charge on any atom is 2.00 e. The molecule has 0 spiro atoms. The second-order valence-electron chi connectivity index (χ2n) is 2.39. The van der Waals surface area contributed by atoms with E-state index in [-0.39, 0.29) is 41.0 Å². The number of halogens is 1. The molecule has 0 aromatic heterocycles. The quantitative estimate of drug-likeness (QED) is 0.366. The van der Waals surface area contributed by atoms with Crippen molar-refractivity contribution in [1.29, 1.82) is 0 Å². The summed E-state index contributed by atoms with van der Waals surface area (Å²) >= 11 is 0. The Bertz CT molecular complexity index is 42.2. The summed E-state index contributed by atoms with van der Waals surface area (Å²) in [5, 5.41) is 4.02. The fourth-order valence-electron chi connectivity index (χ4n) is 0. The molecule has 0 rings (SSSR count). The molecule has 0 heterocycles. The maximum atomic E-state index is 4.02. The van der Waals surface area contributed by atoms with E-state index < -0.39 is 0 Å². The predicted octanol–water partition coefficient (Wildman–Crippen LogP) is -1.59. The molecule has 0 aliphatic carbocycles. The molecule has 0 N–H and O–H groups in total. The van der Waals surface area contributed by atoms with Crippen LogP contribution in [0.1, 0.15) is 20.8 Å². The van der Waals surface area contributed by atoms with E-state index in [0.29, 0.717) is 0 Å². The van der Waals surface area contributed by atoms with Gasteiger partial charge in [-0.05, 0) is 0 Å². The molecule has 46 valence electrons. The summed E-state index contributed by atoms with van der Waals surface area (Å²) in [4.78, 5) is 0. The number of nitrogens with zero attached hydrogens (tertiary/aromatic N) is 1. The number of hydrogen-bond acceptors (Lipinski definition) is 0. The Morgan fingerprint density at radius 2 is 1.25 bits per heavy atom. The predicted molar refractivity (Wildman–Crippen MR) is 34.8 cm³/mol. The van der Waals surface area contributed by atoms with Crippen molar-refractivity contribution >= 4 is 23.1 Å². The van der Waals surface area contributed by atoms with Crippen molar-refractivity contribution in [1.82, 2.24) is 0 Å². The normalized spacial score (nSPS) is 9.00. The third kappa shape index (κ3) is 15.7. The van der Waals surface area contributed by atoms with Crippen molar-refractivity contribution in [3.8, 4) is 0 Å². The molecule has 0 atom stereocenters. The molecule has 0 unspecified atom stereocenters. The van der Waals surface area contributed by atoms with Gasteiger partial charge in [0.25, 0.3) is 0 Å². The molecule has 0 aliphatic heterocycles. The molecule has 0 saturated heterocycles. The second kappa shape index (κ2) is 6.14. The van der Waals surface area contributed by atoms with Gasteiger partial charge >= 0.3 is 23.1 Å². The standard InChI is InChI=1S/C5H12N.ClH.Mg/c1-5(2,3)6-4;;/h1-4H3;1H;/q-1;;+2/p-1. The molecule has 0 saturated carbocycles. The summed E-state index contributed by atoms with van der Waals surface area (Å²) in [5.74, 6) is 0. The zero-order valence-electron chi connectivity index (χ0n) is 6.03. The van der Waals surface area contributed by atoms with Gasteiger partial charge < -0.3 is 17.7 Å². The molecule has 0 aliphatic rings. The fraction of sp³-hybridized carbons (Fsp3) is 1.00. The average molecular weight is 146 g/mol. The van der Waals surface area contributed by atoms with Crippen LogP contribution in [-0.4, -0.2) is 35.6 Å². The van der Waals surface area contributed by atoms with Crippen LogP contribution in [0.2, 0.25) is 0 Å². The Balaban J connectivity index is -0.000000125. The largest absolute Gasteiger partial charge is 2.00 e. The summed E-state index contributed by atoms with van der Waals surface area (Å²) in [6.45, 7) is 6.23. The third-order valence-electron chi connectivity index (χ3n) is 0.671. The van der Waals surface area contributed by atoms with Gasteiger partial charge in [-0.15, -0.1) is 5.54 Å². The van der Waals surface area contributed by atoms with E-state index in [4.69, 9.17) is 0 Å². The minimum Gasteiger partial charge on any atom is -1.00 e. The van der Waals surface area contributed by atoms with Crippen molar-refractivity contribution in [3.05, 3.63) is 5.32 Å². The van der Waals surface area contributed by atoms with Crippen molar-refractivity contribution in [2.45, 2.75) is 26.3 Å². The third-order valence-corrected chi connectivity index (χ3v) is 0.671. The number of rotatable bonds is 0. The van der Waals surface area contributed by atoms with Gasteiger partial charge in [0.2, 0.25) is 0 Å². The van der Waals surface area contributed by atoms with Crippen LogP contribution >= 0.6 is 0 Å². The first-order chi connectivity index (χ1) is 2.56. The van der Waals surface area contributed by atoms with Crippen molar-refractivity contribution in [3.63, 3.8) is 0 Å². The molecule has 0 fully saturated rings. The molecule has 0 aromatic carbocycles. The van der Waals surface area contributed by atoms with E-state index >= 15 is 0 Å². The Morgan fingerprint density at radius 3 is 1.25 bits per heavy atom. The topological polar surface area (TPSA) is 14.1 Å². The molecular weight excluding hydrogens is 134 g/mol. The smallest absolute Gasteiger partial charge is 1.00 e. The van der Waals surface area contributed by atoms with Crippen LogP contribution in [0, 0.1) is 0 Å². The van der Waals surface area contributed by atoms with E-state index in [9.17, 15) is 0 Å². The summed E-state index contributed by atoms with van der Waals surface area (Å²) in [6, 6.07) is 0. The first kappa shape index (κ1) is 16.0. The van der Waals surface area contributed by atoms with Crippen LogP contribution in [0.5, 0.6) is 0 Å². The number of hydrogen-bond donors (Lipinski definition) is 0.